The van der Waals surface area contributed by atoms with Crippen molar-refractivity contribution >= 4 is 11.6 Å². The molecule has 20 heavy (non-hydrogen) atoms. The van der Waals surface area contributed by atoms with Crippen LogP contribution in [0.1, 0.15) is 17.5 Å². The monoisotopic (exact) mass is 283 g/mol. The van der Waals surface area contributed by atoms with Crippen molar-refractivity contribution < 1.29 is 18.0 Å². The van der Waals surface area contributed by atoms with Crippen molar-refractivity contribution in [2.24, 2.45) is 0 Å². The first-order valence-electron chi connectivity index (χ1n) is 6.05. The molecule has 0 saturated carbocycles. The predicted molar refractivity (Wildman–Crippen MR) is 66.0 cm³/mol. The van der Waals surface area contributed by atoms with Gasteiger partial charge in [-0.3, -0.25) is 4.79 Å². The lowest BCUT2D eigenvalue weighted by atomic mass is 10.1. The Kier molecular flexibility index (Phi) is 3.84. The van der Waals surface area contributed by atoms with Gasteiger partial charge in [-0.05, 0) is 18.2 Å². The van der Waals surface area contributed by atoms with Crippen LogP contribution in [0.5, 0.6) is 0 Å². The lowest BCUT2D eigenvalue weighted by Crippen LogP contribution is -2.29. The molecule has 1 aliphatic heterocycles. The molecule has 0 radical (unpaired) electrons. The van der Waals surface area contributed by atoms with Crippen LogP contribution in [0.3, 0.4) is 0 Å². The summed E-state index contributed by atoms with van der Waals surface area (Å²) in [6.07, 6.45) is -4.22. The lowest BCUT2D eigenvalue weighted by Gasteiger charge is -2.23. The number of anilines is 1. The number of halogens is 3. The van der Waals surface area contributed by atoms with Crippen molar-refractivity contribution in [2.45, 2.75) is 12.6 Å². The van der Waals surface area contributed by atoms with E-state index in [0.717, 1.165) is 12.1 Å². The largest absolute Gasteiger partial charge is 0.416 e. The van der Waals surface area contributed by atoms with Gasteiger partial charge in [0.25, 0.3) is 0 Å². The van der Waals surface area contributed by atoms with Gasteiger partial charge in [-0.1, -0.05) is 0 Å². The Bertz CT molecular complexity index is 563. The van der Waals surface area contributed by atoms with Crippen molar-refractivity contribution in [2.75, 3.05) is 24.5 Å². The number of carbonyl (C=O) groups is 1. The Balaban J connectivity index is 2.32. The highest BCUT2D eigenvalue weighted by molar-refractivity contribution is 5.77. The molecule has 2 rings (SSSR count). The second kappa shape index (κ2) is 5.41. The van der Waals surface area contributed by atoms with Gasteiger partial charge in [-0.25, -0.2) is 0 Å². The van der Waals surface area contributed by atoms with Gasteiger partial charge in [0.05, 0.1) is 16.8 Å². The molecule has 0 aliphatic carbocycles. The van der Waals surface area contributed by atoms with Crippen molar-refractivity contribution in [1.29, 1.82) is 5.26 Å². The van der Waals surface area contributed by atoms with Gasteiger partial charge in [0, 0.05) is 26.1 Å². The molecular formula is C13H12F3N3O. The van der Waals surface area contributed by atoms with Crippen molar-refractivity contribution in [3.05, 3.63) is 29.3 Å². The van der Waals surface area contributed by atoms with Crippen LogP contribution in [0.25, 0.3) is 0 Å². The average molecular weight is 283 g/mol. The minimum Gasteiger partial charge on any atom is -0.368 e. The third-order valence-corrected chi connectivity index (χ3v) is 3.10. The zero-order valence-electron chi connectivity index (χ0n) is 10.5. The van der Waals surface area contributed by atoms with Crippen LogP contribution in [0.4, 0.5) is 18.9 Å². The van der Waals surface area contributed by atoms with Crippen LogP contribution in [-0.4, -0.2) is 25.5 Å². The molecule has 1 amide bonds. The summed E-state index contributed by atoms with van der Waals surface area (Å²) in [5.74, 6) is -0.0991. The number of hydrogen-bond acceptors (Lipinski definition) is 3. The Morgan fingerprint density at radius 2 is 2.05 bits per heavy atom. The number of amides is 1. The van der Waals surface area contributed by atoms with Crippen LogP contribution in [-0.2, 0) is 11.0 Å². The quantitative estimate of drug-likeness (QED) is 0.856. The SMILES string of the molecule is N#Cc1cc(C(F)(F)F)ccc1N1CCNC(=O)CC1. The van der Waals surface area contributed by atoms with Crippen LogP contribution in [0.2, 0.25) is 0 Å². The third kappa shape index (κ3) is 3.02. The molecule has 0 spiro atoms. The van der Waals surface area contributed by atoms with Crippen LogP contribution >= 0.6 is 0 Å². The highest BCUT2D eigenvalue weighted by atomic mass is 19.4. The minimum absolute atomic E-state index is 0.0332. The van der Waals surface area contributed by atoms with Gasteiger partial charge >= 0.3 is 6.18 Å². The molecule has 0 aromatic heterocycles. The second-order valence-electron chi connectivity index (χ2n) is 4.43. The molecule has 0 atom stereocenters. The van der Waals surface area contributed by atoms with E-state index in [0.29, 0.717) is 25.3 Å². The van der Waals surface area contributed by atoms with Crippen molar-refractivity contribution in [1.82, 2.24) is 5.32 Å². The molecule has 1 aromatic rings. The summed E-state index contributed by atoms with van der Waals surface area (Å²) in [5, 5.41) is 11.7. The molecular weight excluding hydrogens is 271 g/mol. The van der Waals surface area contributed by atoms with E-state index in [1.54, 1.807) is 11.0 Å². The zero-order valence-corrected chi connectivity index (χ0v) is 10.5. The molecule has 1 heterocycles. The first-order valence-corrected chi connectivity index (χ1v) is 6.05. The molecule has 7 heteroatoms. The average Bonchev–Trinajstić information content (AvgIpc) is 2.62. The summed E-state index contributed by atoms with van der Waals surface area (Å²) in [5.41, 5.74) is -0.451. The fourth-order valence-corrected chi connectivity index (χ4v) is 2.09. The molecule has 0 unspecified atom stereocenters. The van der Waals surface area contributed by atoms with Crippen molar-refractivity contribution in [3.63, 3.8) is 0 Å². The summed E-state index contributed by atoms with van der Waals surface area (Å²) < 4.78 is 37.9. The first-order chi connectivity index (χ1) is 9.41. The van der Waals surface area contributed by atoms with Gasteiger partial charge in [-0.15, -0.1) is 0 Å². The Labute approximate surface area is 113 Å². The summed E-state index contributed by atoms with van der Waals surface area (Å²) in [6.45, 7) is 1.25. The molecule has 1 aliphatic rings. The molecule has 1 saturated heterocycles. The van der Waals surface area contributed by atoms with Gasteiger partial charge in [-0.2, -0.15) is 18.4 Å². The number of alkyl halides is 3. The minimum atomic E-state index is -4.47. The third-order valence-electron chi connectivity index (χ3n) is 3.10. The van der Waals surface area contributed by atoms with Gasteiger partial charge < -0.3 is 10.2 Å². The van der Waals surface area contributed by atoms with Crippen LogP contribution < -0.4 is 10.2 Å². The summed E-state index contributed by atoms with van der Waals surface area (Å²) in [7, 11) is 0. The van der Waals surface area contributed by atoms with E-state index in [-0.39, 0.29) is 17.9 Å². The summed E-state index contributed by atoms with van der Waals surface area (Å²) in [4.78, 5) is 13.0. The zero-order chi connectivity index (χ0) is 14.8. The van der Waals surface area contributed by atoms with E-state index in [2.05, 4.69) is 5.32 Å². The van der Waals surface area contributed by atoms with E-state index in [9.17, 15) is 18.0 Å². The van der Waals surface area contributed by atoms with Gasteiger partial charge in [0.2, 0.25) is 5.91 Å². The highest BCUT2D eigenvalue weighted by Gasteiger charge is 2.31. The van der Waals surface area contributed by atoms with E-state index in [1.807, 2.05) is 0 Å². The van der Waals surface area contributed by atoms with E-state index >= 15 is 0 Å². The van der Waals surface area contributed by atoms with E-state index < -0.39 is 11.7 Å². The Morgan fingerprint density at radius 1 is 1.30 bits per heavy atom. The number of nitrogens with one attached hydrogen (secondary N) is 1. The molecule has 0 bridgehead atoms. The molecule has 106 valence electrons. The normalized spacial score (nSPS) is 16.3. The molecule has 4 nitrogen and oxygen atoms in total. The number of nitrogens with zero attached hydrogens (tertiary/aromatic N) is 2. The summed E-state index contributed by atoms with van der Waals surface area (Å²) >= 11 is 0. The number of nitriles is 1. The molecule has 1 aromatic carbocycles. The predicted octanol–water partition coefficient (Wildman–Crippen LogP) is 1.90. The fraction of sp³-hybridized carbons (Fsp3) is 0.385. The number of hydrogen-bond donors (Lipinski definition) is 1. The Morgan fingerprint density at radius 3 is 2.70 bits per heavy atom. The standard InChI is InChI=1S/C13H12F3N3O/c14-13(15,16)10-1-2-11(9(7-10)8-17)19-5-3-12(20)18-4-6-19/h1-2,7H,3-6H2,(H,18,20). The maximum atomic E-state index is 12.6. The van der Waals surface area contributed by atoms with Gasteiger partial charge in [0.15, 0.2) is 0 Å². The van der Waals surface area contributed by atoms with E-state index in [4.69, 9.17) is 5.26 Å². The number of rotatable bonds is 1. The van der Waals surface area contributed by atoms with Gasteiger partial charge in [0.1, 0.15) is 6.07 Å². The highest BCUT2D eigenvalue weighted by Crippen LogP contribution is 2.32. The maximum absolute atomic E-state index is 12.6. The molecule has 1 N–H and O–H groups in total. The topological polar surface area (TPSA) is 56.1 Å². The first kappa shape index (κ1) is 14.2. The molecule has 1 fully saturated rings. The smallest absolute Gasteiger partial charge is 0.368 e. The second-order valence-corrected chi connectivity index (χ2v) is 4.43. The Hall–Kier alpha value is -2.23. The number of benzene rings is 1. The maximum Gasteiger partial charge on any atom is 0.416 e. The van der Waals surface area contributed by atoms with Crippen LogP contribution in [0.15, 0.2) is 18.2 Å². The van der Waals surface area contributed by atoms with Crippen LogP contribution in [0, 0.1) is 11.3 Å². The fourth-order valence-electron chi connectivity index (χ4n) is 2.09. The lowest BCUT2D eigenvalue weighted by molar-refractivity contribution is -0.137. The van der Waals surface area contributed by atoms with E-state index in [1.165, 1.54) is 6.07 Å². The van der Waals surface area contributed by atoms with Crippen molar-refractivity contribution in [3.8, 4) is 6.07 Å². The summed E-state index contributed by atoms with van der Waals surface area (Å²) in [6, 6.07) is 4.88. The number of carbonyl (C=O) groups excluding carboxylic acids is 1.